The van der Waals surface area contributed by atoms with Crippen molar-refractivity contribution in [3.05, 3.63) is 27.3 Å². The van der Waals surface area contributed by atoms with Crippen molar-refractivity contribution in [1.82, 2.24) is 10.1 Å². The van der Waals surface area contributed by atoms with E-state index in [9.17, 15) is 18.0 Å². The molecule has 2 aromatic rings. The Morgan fingerprint density at radius 1 is 1.33 bits per heavy atom. The topological polar surface area (TPSA) is 68.0 Å². The van der Waals surface area contributed by atoms with E-state index >= 15 is 0 Å². The van der Waals surface area contributed by atoms with Crippen LogP contribution in [-0.2, 0) is 6.18 Å². The largest absolute Gasteiger partial charge is 0.427 e. The minimum Gasteiger partial charge on any atom is -0.338 e. The summed E-state index contributed by atoms with van der Waals surface area (Å²) < 4.78 is 43.7. The Kier molecular flexibility index (Phi) is 4.62. The molecule has 0 atom stereocenters. The van der Waals surface area contributed by atoms with Gasteiger partial charge in [0.05, 0.1) is 11.2 Å². The molecule has 1 saturated carbocycles. The molecule has 0 aliphatic heterocycles. The maximum Gasteiger partial charge on any atom is 0.427 e. The number of halogens is 3. The molecule has 1 amide bonds. The van der Waals surface area contributed by atoms with Crippen LogP contribution < -0.4 is 5.32 Å². The summed E-state index contributed by atoms with van der Waals surface area (Å²) in [5.74, 6) is -0.585. The molecule has 1 fully saturated rings. The average molecular weight is 359 g/mol. The third-order valence-corrected chi connectivity index (χ3v) is 5.09. The lowest BCUT2D eigenvalue weighted by Crippen LogP contribution is -2.18. The van der Waals surface area contributed by atoms with Crippen molar-refractivity contribution in [1.29, 1.82) is 0 Å². The van der Waals surface area contributed by atoms with Crippen molar-refractivity contribution >= 4 is 23.1 Å². The Morgan fingerprint density at radius 3 is 2.71 bits per heavy atom. The molecule has 2 aromatic heterocycles. The third kappa shape index (κ3) is 3.31. The van der Waals surface area contributed by atoms with Crippen molar-refractivity contribution in [3.63, 3.8) is 0 Å². The first kappa shape index (κ1) is 16.9. The molecule has 130 valence electrons. The zero-order chi connectivity index (χ0) is 17.3. The number of hydrogen-bond acceptors (Lipinski definition) is 5. The Bertz CT molecular complexity index is 733. The Morgan fingerprint density at radius 2 is 2.04 bits per heavy atom. The fourth-order valence-electron chi connectivity index (χ4n) is 2.99. The van der Waals surface area contributed by atoms with Gasteiger partial charge in [-0.1, -0.05) is 24.4 Å². The number of anilines is 1. The maximum absolute atomic E-state index is 12.9. The number of carbonyl (C=O) groups excluding carboxylic acids is 1. The molecule has 0 saturated heterocycles. The van der Waals surface area contributed by atoms with Gasteiger partial charge in [0, 0.05) is 11.5 Å². The van der Waals surface area contributed by atoms with Crippen molar-refractivity contribution in [3.8, 4) is 0 Å². The molecule has 3 rings (SSSR count). The van der Waals surface area contributed by atoms with Gasteiger partial charge >= 0.3 is 6.18 Å². The average Bonchev–Trinajstić information content (AvgIpc) is 3.16. The van der Waals surface area contributed by atoms with Crippen molar-refractivity contribution in [2.45, 2.75) is 51.1 Å². The van der Waals surface area contributed by atoms with Crippen LogP contribution in [0.2, 0.25) is 0 Å². The molecule has 1 aliphatic rings. The first-order valence-electron chi connectivity index (χ1n) is 7.66. The van der Waals surface area contributed by atoms with Crippen molar-refractivity contribution in [2.75, 3.05) is 5.32 Å². The van der Waals surface area contributed by atoms with Gasteiger partial charge in [0.25, 0.3) is 5.91 Å². The van der Waals surface area contributed by atoms with Crippen LogP contribution in [-0.4, -0.2) is 16.0 Å². The van der Waals surface area contributed by atoms with Crippen LogP contribution in [0.25, 0.3) is 0 Å². The Labute approximate surface area is 140 Å². The SMILES string of the molecule is Cc1c(C2CCCCC2)noc1NC(=O)c1ncsc1C(F)(F)F. The number of nitrogens with zero attached hydrogens (tertiary/aromatic N) is 2. The van der Waals surface area contributed by atoms with Gasteiger partial charge in [-0.25, -0.2) is 4.98 Å². The van der Waals surface area contributed by atoms with Gasteiger partial charge in [-0.3, -0.25) is 10.1 Å². The predicted octanol–water partition coefficient (Wildman–Crippen LogP) is 4.76. The first-order chi connectivity index (χ1) is 11.4. The van der Waals surface area contributed by atoms with E-state index in [1.54, 1.807) is 6.92 Å². The number of amides is 1. The highest BCUT2D eigenvalue weighted by Crippen LogP contribution is 2.37. The molecule has 5 nitrogen and oxygen atoms in total. The standard InChI is InChI=1S/C15H16F3N3O2S/c1-8-10(9-5-3-2-4-6-9)21-23-14(8)20-13(22)11-12(15(16,17)18)24-7-19-11/h7,9H,2-6H2,1H3,(H,20,22). The van der Waals surface area contributed by atoms with E-state index in [2.05, 4.69) is 15.5 Å². The van der Waals surface area contributed by atoms with Gasteiger partial charge in [-0.05, 0) is 19.8 Å². The highest BCUT2D eigenvalue weighted by molar-refractivity contribution is 7.10. The second-order valence-electron chi connectivity index (χ2n) is 5.84. The summed E-state index contributed by atoms with van der Waals surface area (Å²) in [5.41, 5.74) is 1.79. The number of thiazole rings is 1. The third-order valence-electron chi connectivity index (χ3n) is 4.22. The number of carbonyl (C=O) groups is 1. The molecule has 9 heteroatoms. The predicted molar refractivity (Wildman–Crippen MR) is 82.1 cm³/mol. The van der Waals surface area contributed by atoms with E-state index in [1.807, 2.05) is 0 Å². The summed E-state index contributed by atoms with van der Waals surface area (Å²) in [4.78, 5) is 14.6. The van der Waals surface area contributed by atoms with Gasteiger partial charge in [0.15, 0.2) is 5.69 Å². The van der Waals surface area contributed by atoms with Gasteiger partial charge in [-0.15, -0.1) is 11.3 Å². The van der Waals surface area contributed by atoms with E-state index < -0.39 is 22.7 Å². The van der Waals surface area contributed by atoms with Crippen molar-refractivity contribution < 1.29 is 22.5 Å². The highest BCUT2D eigenvalue weighted by Gasteiger charge is 2.38. The normalized spacial score (nSPS) is 16.3. The Balaban J connectivity index is 1.78. The maximum atomic E-state index is 12.9. The molecule has 0 bridgehead atoms. The van der Waals surface area contributed by atoms with Gasteiger partial charge in [0.1, 0.15) is 4.88 Å². The summed E-state index contributed by atoms with van der Waals surface area (Å²) in [5, 5.41) is 6.38. The molecule has 1 N–H and O–H groups in total. The molecular weight excluding hydrogens is 343 g/mol. The van der Waals surface area contributed by atoms with Crippen LogP contribution in [0.3, 0.4) is 0 Å². The van der Waals surface area contributed by atoms with Crippen LogP contribution in [0.4, 0.5) is 19.1 Å². The minimum absolute atomic E-state index is 0.0849. The van der Waals surface area contributed by atoms with Crippen LogP contribution >= 0.6 is 11.3 Å². The summed E-state index contributed by atoms with van der Waals surface area (Å²) in [6.07, 6.45) is 0.827. The highest BCUT2D eigenvalue weighted by atomic mass is 32.1. The monoisotopic (exact) mass is 359 g/mol. The number of hydrogen-bond donors (Lipinski definition) is 1. The summed E-state index contributed by atoms with van der Waals surface area (Å²) in [6, 6.07) is 0. The summed E-state index contributed by atoms with van der Waals surface area (Å²) in [7, 11) is 0. The van der Waals surface area contributed by atoms with Gasteiger partial charge in [0.2, 0.25) is 5.88 Å². The van der Waals surface area contributed by atoms with Crippen LogP contribution in [0, 0.1) is 6.92 Å². The fourth-order valence-corrected chi connectivity index (χ4v) is 3.65. The second-order valence-corrected chi connectivity index (χ2v) is 6.69. The number of nitrogens with one attached hydrogen (secondary N) is 1. The van der Waals surface area contributed by atoms with Crippen LogP contribution in [0.15, 0.2) is 10.0 Å². The fraction of sp³-hybridized carbons (Fsp3) is 0.533. The first-order valence-corrected chi connectivity index (χ1v) is 8.54. The molecule has 0 radical (unpaired) electrons. The van der Waals surface area contributed by atoms with E-state index in [4.69, 9.17) is 4.52 Å². The summed E-state index contributed by atoms with van der Waals surface area (Å²) in [6.45, 7) is 1.75. The van der Waals surface area contributed by atoms with E-state index in [0.29, 0.717) is 16.9 Å². The lowest BCUT2D eigenvalue weighted by atomic mass is 9.86. The van der Waals surface area contributed by atoms with Crippen LogP contribution in [0.1, 0.15) is 64.6 Å². The lowest BCUT2D eigenvalue weighted by Gasteiger charge is -2.19. The molecule has 0 spiro atoms. The number of aromatic nitrogens is 2. The zero-order valence-corrected chi connectivity index (χ0v) is 13.8. The second kappa shape index (κ2) is 6.54. The van der Waals surface area contributed by atoms with E-state index in [-0.39, 0.29) is 11.8 Å². The van der Waals surface area contributed by atoms with E-state index in [0.717, 1.165) is 36.9 Å². The zero-order valence-electron chi connectivity index (χ0n) is 12.9. The molecule has 2 heterocycles. The van der Waals surface area contributed by atoms with Crippen molar-refractivity contribution in [2.24, 2.45) is 0 Å². The number of alkyl halides is 3. The van der Waals surface area contributed by atoms with Crippen LogP contribution in [0.5, 0.6) is 0 Å². The smallest absolute Gasteiger partial charge is 0.338 e. The molecule has 0 aromatic carbocycles. The molecule has 0 unspecified atom stereocenters. The molecular formula is C15H16F3N3O2S. The Hall–Kier alpha value is -1.90. The molecule has 1 aliphatic carbocycles. The van der Waals surface area contributed by atoms with Gasteiger partial charge < -0.3 is 4.52 Å². The quantitative estimate of drug-likeness (QED) is 0.858. The lowest BCUT2D eigenvalue weighted by molar-refractivity contribution is -0.134. The summed E-state index contributed by atoms with van der Waals surface area (Å²) >= 11 is 0.384. The van der Waals surface area contributed by atoms with Gasteiger partial charge in [-0.2, -0.15) is 13.2 Å². The minimum atomic E-state index is -4.61. The number of rotatable bonds is 3. The van der Waals surface area contributed by atoms with E-state index in [1.165, 1.54) is 6.42 Å². The molecule has 24 heavy (non-hydrogen) atoms.